The van der Waals surface area contributed by atoms with Gasteiger partial charge in [-0.15, -0.1) is 0 Å². The summed E-state index contributed by atoms with van der Waals surface area (Å²) in [7, 11) is 0. The maximum Gasteiger partial charge on any atom is 0.324 e. The Morgan fingerprint density at radius 3 is 2.89 bits per heavy atom. The van der Waals surface area contributed by atoms with E-state index in [9.17, 15) is 4.79 Å². The van der Waals surface area contributed by atoms with Crippen molar-refractivity contribution in [1.82, 2.24) is 5.32 Å². The van der Waals surface area contributed by atoms with E-state index in [0.717, 1.165) is 0 Å². The lowest BCUT2D eigenvalue weighted by molar-refractivity contribution is -0.142. The van der Waals surface area contributed by atoms with Crippen LogP contribution >= 0.6 is 0 Å². The van der Waals surface area contributed by atoms with Gasteiger partial charge in [-0.3, -0.25) is 4.79 Å². The van der Waals surface area contributed by atoms with Crippen molar-refractivity contribution in [2.75, 3.05) is 19.8 Å². The van der Waals surface area contributed by atoms with Crippen LogP contribution in [0.15, 0.2) is 0 Å². The van der Waals surface area contributed by atoms with Crippen LogP contribution in [0, 0.1) is 0 Å². The molecule has 1 radical (unpaired) electrons. The fourth-order valence-electron chi connectivity index (χ4n) is 0.670. The average Bonchev–Trinajstić information content (AvgIpc) is 1.90. The molecule has 0 aromatic carbocycles. The van der Waals surface area contributed by atoms with E-state index < -0.39 is 12.0 Å². The Bertz CT molecular complexity index is 109. The number of hydrogen-bond acceptors (Lipinski definition) is 2. The van der Waals surface area contributed by atoms with Crippen LogP contribution in [0.25, 0.3) is 0 Å². The molecule has 1 unspecified atom stereocenters. The molecule has 0 aromatic heterocycles. The number of rotatable bonds is 1. The molecule has 1 atom stereocenters. The second-order valence-electron chi connectivity index (χ2n) is 1.84. The molecule has 4 nitrogen and oxygen atoms in total. The van der Waals surface area contributed by atoms with E-state index >= 15 is 0 Å². The summed E-state index contributed by atoms with van der Waals surface area (Å²) in [4.78, 5) is 10.2. The molecule has 1 rings (SSSR count). The predicted molar refractivity (Wildman–Crippen MR) is 29.2 cm³/mol. The van der Waals surface area contributed by atoms with E-state index in [1.807, 2.05) is 0 Å². The quantitative estimate of drug-likeness (QED) is 0.499. The lowest BCUT2D eigenvalue weighted by Crippen LogP contribution is -2.41. The van der Waals surface area contributed by atoms with Gasteiger partial charge in [0.2, 0.25) is 0 Å². The molecule has 1 aliphatic rings. The van der Waals surface area contributed by atoms with Gasteiger partial charge in [0.25, 0.3) is 0 Å². The molecule has 0 bridgehead atoms. The molecule has 1 heterocycles. The number of carbonyl (C=O) groups is 1. The Morgan fingerprint density at radius 2 is 2.56 bits per heavy atom. The van der Waals surface area contributed by atoms with Crippen molar-refractivity contribution in [1.29, 1.82) is 0 Å². The molecule has 0 aliphatic carbocycles. The number of nitrogens with zero attached hydrogens (tertiary/aromatic N) is 1. The van der Waals surface area contributed by atoms with Gasteiger partial charge in [-0.25, -0.2) is 5.32 Å². The number of hydrogen-bond donors (Lipinski definition) is 1. The highest BCUT2D eigenvalue weighted by Crippen LogP contribution is 1.93. The van der Waals surface area contributed by atoms with E-state index in [1.165, 1.54) is 0 Å². The van der Waals surface area contributed by atoms with Gasteiger partial charge in [0, 0.05) is 6.54 Å². The summed E-state index contributed by atoms with van der Waals surface area (Å²) in [6.07, 6.45) is 0. The first-order valence-corrected chi connectivity index (χ1v) is 2.78. The number of carboxylic acids is 1. The lowest BCUT2D eigenvalue weighted by atomic mass is 10.3. The van der Waals surface area contributed by atoms with Crippen LogP contribution in [0.1, 0.15) is 0 Å². The first kappa shape index (κ1) is 6.51. The van der Waals surface area contributed by atoms with Crippen molar-refractivity contribution in [2.24, 2.45) is 0 Å². The third-order valence-electron chi connectivity index (χ3n) is 1.15. The summed E-state index contributed by atoms with van der Waals surface area (Å²) in [5.74, 6) is -0.894. The van der Waals surface area contributed by atoms with Crippen molar-refractivity contribution in [2.45, 2.75) is 6.04 Å². The Balaban J connectivity index is 2.31. The van der Waals surface area contributed by atoms with Gasteiger partial charge in [0.15, 0.2) is 0 Å². The summed E-state index contributed by atoms with van der Waals surface area (Å²) in [6.45, 7) is 1.30. The fraction of sp³-hybridized carbons (Fsp3) is 0.800. The van der Waals surface area contributed by atoms with Gasteiger partial charge in [0.1, 0.15) is 6.04 Å². The molecule has 1 fully saturated rings. The highest BCUT2D eigenvalue weighted by molar-refractivity contribution is 5.73. The molecule has 0 amide bonds. The zero-order valence-electron chi connectivity index (χ0n) is 4.91. The highest BCUT2D eigenvalue weighted by Gasteiger charge is 2.20. The minimum absolute atomic E-state index is 0.231. The maximum absolute atomic E-state index is 10.2. The zero-order chi connectivity index (χ0) is 6.69. The summed E-state index contributed by atoms with van der Waals surface area (Å²) >= 11 is 0. The van der Waals surface area contributed by atoms with Crippen molar-refractivity contribution in [3.05, 3.63) is 0 Å². The van der Waals surface area contributed by atoms with Gasteiger partial charge in [0.05, 0.1) is 13.2 Å². The van der Waals surface area contributed by atoms with Crippen LogP contribution < -0.4 is 5.32 Å². The third-order valence-corrected chi connectivity index (χ3v) is 1.15. The SMILES string of the molecule is O=C(O)C1COCC[N]1. The Kier molecular flexibility index (Phi) is 2.02. The molecule has 1 saturated heterocycles. The van der Waals surface area contributed by atoms with Crippen molar-refractivity contribution in [3.8, 4) is 0 Å². The van der Waals surface area contributed by atoms with Gasteiger partial charge < -0.3 is 9.84 Å². The largest absolute Gasteiger partial charge is 0.480 e. The molecule has 9 heavy (non-hydrogen) atoms. The molecule has 0 saturated carbocycles. The van der Waals surface area contributed by atoms with E-state index in [-0.39, 0.29) is 6.61 Å². The number of ether oxygens (including phenoxy) is 1. The zero-order valence-corrected chi connectivity index (χ0v) is 4.91. The summed E-state index contributed by atoms with van der Waals surface area (Å²) in [5.41, 5.74) is 0. The maximum atomic E-state index is 10.2. The molecular formula is C5H8NO3. The van der Waals surface area contributed by atoms with Crippen LogP contribution in [0.2, 0.25) is 0 Å². The van der Waals surface area contributed by atoms with Crippen LogP contribution in [0.4, 0.5) is 0 Å². The second kappa shape index (κ2) is 2.80. The Labute approximate surface area is 52.8 Å². The van der Waals surface area contributed by atoms with Crippen molar-refractivity contribution in [3.63, 3.8) is 0 Å². The van der Waals surface area contributed by atoms with Crippen molar-refractivity contribution < 1.29 is 14.6 Å². The summed E-state index contributed by atoms with van der Waals surface area (Å²) in [6, 6.07) is -0.626. The minimum Gasteiger partial charge on any atom is -0.480 e. The average molecular weight is 130 g/mol. The van der Waals surface area contributed by atoms with Crippen LogP contribution in [-0.4, -0.2) is 36.9 Å². The van der Waals surface area contributed by atoms with Gasteiger partial charge in [-0.2, -0.15) is 0 Å². The number of aliphatic carboxylic acids is 1. The molecular weight excluding hydrogens is 122 g/mol. The predicted octanol–water partition coefficient (Wildman–Crippen LogP) is -0.926. The normalized spacial score (nSPS) is 27.8. The van der Waals surface area contributed by atoms with E-state index in [4.69, 9.17) is 9.84 Å². The fourth-order valence-corrected chi connectivity index (χ4v) is 0.670. The first-order valence-electron chi connectivity index (χ1n) is 2.78. The molecule has 1 N–H and O–H groups in total. The standard InChI is InChI=1S/C5H8NO3/c7-5(8)4-3-9-2-1-6-4/h4H,1-3H2,(H,7,8). The van der Waals surface area contributed by atoms with Gasteiger partial charge in [-0.05, 0) is 0 Å². The Hall–Kier alpha value is -0.610. The topological polar surface area (TPSA) is 60.6 Å². The van der Waals surface area contributed by atoms with E-state index in [2.05, 4.69) is 5.32 Å². The van der Waals surface area contributed by atoms with E-state index in [1.54, 1.807) is 0 Å². The number of morpholine rings is 1. The highest BCUT2D eigenvalue weighted by atomic mass is 16.5. The van der Waals surface area contributed by atoms with Gasteiger partial charge >= 0.3 is 5.97 Å². The lowest BCUT2D eigenvalue weighted by Gasteiger charge is -2.17. The minimum atomic E-state index is -0.894. The van der Waals surface area contributed by atoms with Crippen LogP contribution in [0.5, 0.6) is 0 Å². The molecule has 0 aromatic rings. The molecule has 51 valence electrons. The van der Waals surface area contributed by atoms with Crippen LogP contribution in [-0.2, 0) is 9.53 Å². The van der Waals surface area contributed by atoms with Crippen LogP contribution in [0.3, 0.4) is 0 Å². The van der Waals surface area contributed by atoms with E-state index in [0.29, 0.717) is 13.2 Å². The summed E-state index contributed by atoms with van der Waals surface area (Å²) in [5, 5.41) is 12.2. The smallest absolute Gasteiger partial charge is 0.324 e. The van der Waals surface area contributed by atoms with Gasteiger partial charge in [-0.1, -0.05) is 0 Å². The van der Waals surface area contributed by atoms with Crippen molar-refractivity contribution >= 4 is 5.97 Å². The summed E-state index contributed by atoms with van der Waals surface area (Å²) < 4.78 is 4.87. The number of carboxylic acid groups (broad SMARTS) is 1. The third kappa shape index (κ3) is 1.65. The monoisotopic (exact) mass is 130 g/mol. The Morgan fingerprint density at radius 1 is 1.78 bits per heavy atom. The molecule has 4 heteroatoms. The molecule has 0 spiro atoms. The first-order chi connectivity index (χ1) is 4.30. The second-order valence-corrected chi connectivity index (χ2v) is 1.84. The molecule has 1 aliphatic heterocycles.